The van der Waals surface area contributed by atoms with Crippen LogP contribution in [-0.2, 0) is 33.2 Å². The zero-order valence-electron chi connectivity index (χ0n) is 37.4. The molecule has 1 heterocycles. The summed E-state index contributed by atoms with van der Waals surface area (Å²) in [5.74, 6) is -3.54. The van der Waals surface area contributed by atoms with E-state index in [1.165, 1.54) is 26.4 Å². The number of carbonyl (C=O) groups excluding carboxylic acids is 2. The van der Waals surface area contributed by atoms with E-state index < -0.39 is 88.3 Å². The molecule has 5 aliphatic carbocycles. The fraction of sp³-hybridized carbons (Fsp3) is 0.755. The SMILES string of the molecule is CCCCC/C=C\C/C=C\CCCCCCCC(=O)O[C@]12C(O)[C@H](OC)[C@]3(O)C[C@H]([C@@H]1[C@H]3OC(=O)c1ccccc1)[C@@]13[C@@H](OC)CC(O)[C@@]4(COC)CN(C)[C@@H]1[C@@H]2[C@H](OC)[C@H]43. The smallest absolute Gasteiger partial charge is 0.338 e. The third-order valence-electron chi connectivity index (χ3n) is 16.2. The predicted octanol–water partition coefficient (Wildman–Crippen LogP) is 6.05. The van der Waals surface area contributed by atoms with Crippen molar-refractivity contribution in [3.05, 3.63) is 60.2 Å². The van der Waals surface area contributed by atoms with Crippen molar-refractivity contribution in [1.29, 1.82) is 0 Å². The number of aliphatic hydroxyl groups is 3. The minimum atomic E-state index is -1.85. The van der Waals surface area contributed by atoms with Crippen molar-refractivity contribution in [2.24, 2.45) is 34.5 Å². The standard InChI is InChI=1S/C49H73NO11/c1-7-8-9-10-11-12-13-14-15-16-17-18-19-20-24-27-36(52)61-49-37-33(29-47(55,44(59-6)42(49)53)43(37)60-45(54)32-25-22-21-23-26-32)48-35(57-4)28-34(51)46(31-56-3)30-50(2)41(48)38(49)39(58-5)40(46)48/h11-12,14-15,21-23,25-26,33-35,37-44,51,53,55H,7-10,13,16-20,24,27-31H2,1-6H3/b12-11-,15-14-/t33-,34?,35+,37-,38+,39+,40-,41-,42?,43-,44+,46+,47+,48+,49-/m1/s1. The molecule has 1 aromatic rings. The second kappa shape index (κ2) is 19.2. The van der Waals surface area contributed by atoms with Crippen LogP contribution in [0.25, 0.3) is 0 Å². The number of ether oxygens (including phenoxy) is 6. The number of hydrogen-bond acceptors (Lipinski definition) is 12. The first kappa shape index (κ1) is 46.3. The second-order valence-corrected chi connectivity index (χ2v) is 19.1. The Labute approximate surface area is 363 Å². The number of piperidine rings is 1. The molecule has 5 saturated carbocycles. The lowest BCUT2D eigenvalue weighted by Crippen LogP contribution is -2.81. The van der Waals surface area contributed by atoms with Gasteiger partial charge in [0.1, 0.15) is 23.9 Å². The molecule has 340 valence electrons. The molecular formula is C49H73NO11. The maximum Gasteiger partial charge on any atom is 0.338 e. The van der Waals surface area contributed by atoms with Gasteiger partial charge in [0.25, 0.3) is 0 Å². The molecule has 1 aliphatic heterocycles. The minimum Gasteiger partial charge on any atom is -0.455 e. The van der Waals surface area contributed by atoms with Crippen LogP contribution in [0.1, 0.15) is 107 Å². The average Bonchev–Trinajstić information content (AvgIpc) is 3.64. The van der Waals surface area contributed by atoms with Crippen LogP contribution in [0.4, 0.5) is 0 Å². The van der Waals surface area contributed by atoms with Crippen LogP contribution in [0.5, 0.6) is 0 Å². The van der Waals surface area contributed by atoms with Crippen LogP contribution in [-0.4, -0.2) is 135 Å². The highest BCUT2D eigenvalue weighted by Crippen LogP contribution is 2.80. The number of aliphatic hydroxyl groups excluding tert-OH is 2. The van der Waals surface area contributed by atoms with Crippen LogP contribution >= 0.6 is 0 Å². The molecule has 0 radical (unpaired) electrons. The summed E-state index contributed by atoms with van der Waals surface area (Å²) in [6.45, 7) is 2.93. The zero-order valence-corrected chi connectivity index (χ0v) is 37.4. The van der Waals surface area contributed by atoms with Crippen LogP contribution in [0, 0.1) is 34.5 Å². The third kappa shape index (κ3) is 7.46. The fourth-order valence-corrected chi connectivity index (χ4v) is 14.3. The maximum atomic E-state index is 14.5. The van der Waals surface area contributed by atoms with Gasteiger partial charge in [-0.05, 0) is 70.0 Å². The monoisotopic (exact) mass is 852 g/mol. The summed E-state index contributed by atoms with van der Waals surface area (Å²) in [6, 6.07) is 8.26. The normalized spacial score (nSPS) is 40.8. The number of fused-ring (bicyclic) bond motifs is 2. The van der Waals surface area contributed by atoms with E-state index in [1.807, 2.05) is 13.1 Å². The van der Waals surface area contributed by atoms with Gasteiger partial charge in [0.2, 0.25) is 0 Å². The lowest BCUT2D eigenvalue weighted by atomic mass is 9.42. The van der Waals surface area contributed by atoms with Crippen molar-refractivity contribution >= 4 is 11.9 Å². The van der Waals surface area contributed by atoms with Crippen molar-refractivity contribution in [2.45, 2.75) is 151 Å². The van der Waals surface area contributed by atoms with Crippen molar-refractivity contribution in [1.82, 2.24) is 4.90 Å². The van der Waals surface area contributed by atoms with E-state index in [4.69, 9.17) is 28.4 Å². The molecule has 61 heavy (non-hydrogen) atoms. The summed E-state index contributed by atoms with van der Waals surface area (Å²) in [5.41, 5.74) is -4.87. The lowest BCUT2D eigenvalue weighted by Gasteiger charge is -2.70. The highest BCUT2D eigenvalue weighted by atomic mass is 16.6. The molecule has 1 aromatic carbocycles. The Bertz CT molecular complexity index is 1710. The van der Waals surface area contributed by atoms with Crippen molar-refractivity contribution < 1.29 is 53.3 Å². The average molecular weight is 852 g/mol. The summed E-state index contributed by atoms with van der Waals surface area (Å²) in [7, 11) is 8.37. The minimum absolute atomic E-state index is 0.0766. The fourth-order valence-electron chi connectivity index (χ4n) is 14.3. The molecular weight excluding hydrogens is 779 g/mol. The molecule has 7 rings (SSSR count). The number of methoxy groups -OCH3 is 4. The van der Waals surface area contributed by atoms with Gasteiger partial charge in [0, 0.05) is 82.5 Å². The third-order valence-corrected chi connectivity index (χ3v) is 16.2. The number of unbranched alkanes of at least 4 members (excludes halogenated alkanes) is 8. The Balaban J connectivity index is 1.18. The van der Waals surface area contributed by atoms with Crippen molar-refractivity contribution in [2.75, 3.05) is 48.6 Å². The number of allylic oxidation sites excluding steroid dienone is 4. The topological polar surface area (TPSA) is 153 Å². The summed E-state index contributed by atoms with van der Waals surface area (Å²) in [4.78, 5) is 30.8. The van der Waals surface area contributed by atoms with Crippen LogP contribution in [0.2, 0.25) is 0 Å². The molecule has 1 saturated heterocycles. The first-order valence-electron chi connectivity index (χ1n) is 23.1. The number of hydrogen-bond donors (Lipinski definition) is 3. The summed E-state index contributed by atoms with van der Waals surface area (Å²) >= 11 is 0. The Kier molecular flexibility index (Phi) is 14.6. The van der Waals surface area contributed by atoms with Crippen molar-refractivity contribution in [3.8, 4) is 0 Å². The quantitative estimate of drug-likeness (QED) is 0.0708. The van der Waals surface area contributed by atoms with E-state index in [9.17, 15) is 24.9 Å². The molecule has 7 bridgehead atoms. The van der Waals surface area contributed by atoms with Crippen LogP contribution in [0.3, 0.4) is 0 Å². The molecule has 0 aromatic heterocycles. The molecule has 3 N–H and O–H groups in total. The van der Waals surface area contributed by atoms with Crippen LogP contribution < -0.4 is 0 Å². The Morgan fingerprint density at radius 2 is 1.54 bits per heavy atom. The van der Waals surface area contributed by atoms with E-state index >= 15 is 0 Å². The molecule has 12 nitrogen and oxygen atoms in total. The number of rotatable bonds is 22. The highest BCUT2D eigenvalue weighted by Gasteiger charge is 2.92. The van der Waals surface area contributed by atoms with Gasteiger partial charge in [-0.1, -0.05) is 81.5 Å². The van der Waals surface area contributed by atoms with E-state index in [2.05, 4.69) is 36.1 Å². The number of likely N-dealkylation sites (tertiary alicyclic amines) is 1. The Hall–Kier alpha value is -2.68. The summed E-state index contributed by atoms with van der Waals surface area (Å²) < 4.78 is 38.5. The lowest BCUT2D eigenvalue weighted by molar-refractivity contribution is -0.321. The second-order valence-electron chi connectivity index (χ2n) is 19.1. The van der Waals surface area contributed by atoms with Gasteiger partial charge in [0.05, 0.1) is 30.5 Å². The van der Waals surface area contributed by atoms with Gasteiger partial charge in [-0.25, -0.2) is 4.79 Å². The predicted molar refractivity (Wildman–Crippen MR) is 230 cm³/mol. The van der Waals surface area contributed by atoms with Gasteiger partial charge in [-0.15, -0.1) is 0 Å². The number of nitrogens with zero attached hydrogens (tertiary/aromatic N) is 1. The molecule has 0 amide bonds. The summed E-state index contributed by atoms with van der Waals surface area (Å²) in [6.07, 6.45) is 15.1. The number of benzene rings is 1. The molecule has 12 heteroatoms. The van der Waals surface area contributed by atoms with E-state index in [0.717, 1.165) is 44.9 Å². The Morgan fingerprint density at radius 1 is 0.852 bits per heavy atom. The highest BCUT2D eigenvalue weighted by molar-refractivity contribution is 5.89. The molecule has 2 unspecified atom stereocenters. The van der Waals surface area contributed by atoms with E-state index in [1.54, 1.807) is 45.6 Å². The van der Waals surface area contributed by atoms with E-state index in [0.29, 0.717) is 24.9 Å². The van der Waals surface area contributed by atoms with Gasteiger partial charge < -0.3 is 48.6 Å². The van der Waals surface area contributed by atoms with Crippen LogP contribution in [0.15, 0.2) is 54.6 Å². The molecule has 6 aliphatic rings. The zero-order chi connectivity index (χ0) is 43.6. The molecule has 15 atom stereocenters. The van der Waals surface area contributed by atoms with Crippen molar-refractivity contribution in [3.63, 3.8) is 0 Å². The van der Waals surface area contributed by atoms with Gasteiger partial charge >= 0.3 is 11.9 Å². The van der Waals surface area contributed by atoms with Gasteiger partial charge in [-0.2, -0.15) is 0 Å². The molecule has 6 fully saturated rings. The van der Waals surface area contributed by atoms with Gasteiger partial charge in [-0.3, -0.25) is 4.79 Å². The largest absolute Gasteiger partial charge is 0.455 e. The summed E-state index contributed by atoms with van der Waals surface area (Å²) in [5, 5.41) is 38.1. The Morgan fingerprint density at radius 3 is 2.20 bits per heavy atom. The number of esters is 2. The first-order valence-corrected chi connectivity index (χ1v) is 23.1. The number of carbonyl (C=O) groups is 2. The maximum absolute atomic E-state index is 14.5. The van der Waals surface area contributed by atoms with E-state index in [-0.39, 0.29) is 31.4 Å². The van der Waals surface area contributed by atoms with Gasteiger partial charge in [0.15, 0.2) is 5.60 Å². The first-order chi connectivity index (χ1) is 29.5. The molecule has 1 spiro atoms.